The van der Waals surface area contributed by atoms with E-state index in [1.165, 1.54) is 12.1 Å². The smallest absolute Gasteiger partial charge is 0.270 e. The van der Waals surface area contributed by atoms with E-state index in [-0.39, 0.29) is 11.6 Å². The standard InChI is InChI=1S/C25H19ClN6O3/c1-15-21(24(33)28-19-7-3-2-4-8-19)22(16-10-12-18(26)13-11-16)31-25(27-15)29-23(30-31)17-6-5-9-20(14-17)32(34)35/h2-14,22H,1H3,(H,28,33)(H,27,29,30)/t22-/m0/s1. The first-order chi connectivity index (χ1) is 16.9. The van der Waals surface area contributed by atoms with Gasteiger partial charge in [0.05, 0.1) is 10.5 Å². The van der Waals surface area contributed by atoms with Crippen molar-refractivity contribution in [3.63, 3.8) is 0 Å². The summed E-state index contributed by atoms with van der Waals surface area (Å²) in [6.07, 6.45) is 0. The number of rotatable bonds is 5. The quantitative estimate of drug-likeness (QED) is 0.287. The zero-order valence-electron chi connectivity index (χ0n) is 18.5. The number of halogens is 1. The van der Waals surface area contributed by atoms with Crippen LogP contribution in [0.5, 0.6) is 0 Å². The van der Waals surface area contributed by atoms with Crippen molar-refractivity contribution in [2.75, 3.05) is 10.6 Å². The lowest BCUT2D eigenvalue weighted by atomic mass is 9.95. The maximum atomic E-state index is 13.5. The molecule has 0 spiro atoms. The predicted molar refractivity (Wildman–Crippen MR) is 133 cm³/mol. The lowest BCUT2D eigenvalue weighted by Crippen LogP contribution is -2.31. The van der Waals surface area contributed by atoms with Crippen molar-refractivity contribution in [2.45, 2.75) is 13.0 Å². The van der Waals surface area contributed by atoms with E-state index in [9.17, 15) is 14.9 Å². The number of aromatic nitrogens is 3. The Bertz CT molecular complexity index is 1460. The zero-order chi connectivity index (χ0) is 24.5. The largest absolute Gasteiger partial charge is 0.328 e. The first-order valence-electron chi connectivity index (χ1n) is 10.7. The van der Waals surface area contributed by atoms with Crippen LogP contribution in [0.25, 0.3) is 11.4 Å². The Morgan fingerprint density at radius 3 is 2.54 bits per heavy atom. The monoisotopic (exact) mass is 486 g/mol. The maximum absolute atomic E-state index is 13.5. The topological polar surface area (TPSA) is 115 Å². The summed E-state index contributed by atoms with van der Waals surface area (Å²) in [6.45, 7) is 1.80. The second-order valence-corrected chi connectivity index (χ2v) is 8.39. The molecule has 2 heterocycles. The number of para-hydroxylation sites is 1. The summed E-state index contributed by atoms with van der Waals surface area (Å²) in [5.74, 6) is 0.423. The van der Waals surface area contributed by atoms with Crippen LogP contribution in [-0.2, 0) is 4.79 Å². The van der Waals surface area contributed by atoms with Crippen LogP contribution in [0.3, 0.4) is 0 Å². The van der Waals surface area contributed by atoms with Gasteiger partial charge in [-0.25, -0.2) is 4.68 Å². The van der Waals surface area contributed by atoms with Gasteiger partial charge in [-0.1, -0.05) is 54.1 Å². The molecule has 1 aliphatic heterocycles. The summed E-state index contributed by atoms with van der Waals surface area (Å²) in [5, 5.41) is 22.6. The van der Waals surface area contributed by atoms with Crippen molar-refractivity contribution in [3.05, 3.63) is 111 Å². The van der Waals surface area contributed by atoms with E-state index in [0.717, 1.165) is 5.56 Å². The molecule has 0 bridgehead atoms. The molecule has 1 amide bonds. The normalized spacial score (nSPS) is 14.7. The predicted octanol–water partition coefficient (Wildman–Crippen LogP) is 5.43. The number of allylic oxidation sites excluding steroid dienone is 1. The van der Waals surface area contributed by atoms with E-state index in [0.29, 0.717) is 39.3 Å². The van der Waals surface area contributed by atoms with Crippen LogP contribution >= 0.6 is 11.6 Å². The van der Waals surface area contributed by atoms with Crippen LogP contribution in [0.1, 0.15) is 18.5 Å². The van der Waals surface area contributed by atoms with E-state index in [1.807, 2.05) is 42.5 Å². The number of carbonyl (C=O) groups excluding carboxylic acids is 1. The second kappa shape index (κ2) is 9.03. The average molecular weight is 487 g/mol. The highest BCUT2D eigenvalue weighted by Gasteiger charge is 2.34. The first kappa shape index (κ1) is 22.3. The Balaban J connectivity index is 1.60. The van der Waals surface area contributed by atoms with Crippen LogP contribution < -0.4 is 10.6 Å². The Hall–Kier alpha value is -4.50. The number of nitrogens with one attached hydrogen (secondary N) is 2. The van der Waals surface area contributed by atoms with Crippen LogP contribution in [0.15, 0.2) is 90.1 Å². The lowest BCUT2D eigenvalue weighted by Gasteiger charge is -2.28. The van der Waals surface area contributed by atoms with Gasteiger partial charge in [-0.2, -0.15) is 4.98 Å². The number of nitro groups is 1. The summed E-state index contributed by atoms with van der Waals surface area (Å²) < 4.78 is 1.62. The molecule has 1 aliphatic rings. The van der Waals surface area contributed by atoms with Crippen molar-refractivity contribution in [1.82, 2.24) is 14.8 Å². The Kier molecular flexibility index (Phi) is 5.76. The minimum atomic E-state index is -0.604. The van der Waals surface area contributed by atoms with Gasteiger partial charge in [-0.05, 0) is 36.8 Å². The molecule has 5 rings (SSSR count). The van der Waals surface area contributed by atoms with Crippen LogP contribution in [-0.4, -0.2) is 25.6 Å². The van der Waals surface area contributed by atoms with Crippen LogP contribution in [0.2, 0.25) is 5.02 Å². The number of non-ortho nitro benzene ring substituents is 1. The molecule has 2 N–H and O–H groups in total. The minimum absolute atomic E-state index is 0.0604. The van der Waals surface area contributed by atoms with E-state index in [1.54, 1.807) is 35.9 Å². The van der Waals surface area contributed by atoms with Gasteiger partial charge < -0.3 is 10.6 Å². The zero-order valence-corrected chi connectivity index (χ0v) is 19.2. The van der Waals surface area contributed by atoms with E-state index >= 15 is 0 Å². The Labute approximate surface area is 205 Å². The number of nitrogens with zero attached hydrogens (tertiary/aromatic N) is 4. The number of fused-ring (bicyclic) bond motifs is 1. The summed E-state index contributed by atoms with van der Waals surface area (Å²) in [7, 11) is 0. The SMILES string of the molecule is CC1=C(C(=O)Nc2ccccc2)[C@H](c2ccc(Cl)cc2)n2nc(-c3cccc([N+](=O)[O-])c3)nc2N1. The van der Waals surface area contributed by atoms with Crippen LogP contribution in [0.4, 0.5) is 17.3 Å². The van der Waals surface area contributed by atoms with Gasteiger partial charge in [-0.15, -0.1) is 5.10 Å². The van der Waals surface area contributed by atoms with E-state index in [2.05, 4.69) is 20.7 Å². The highest BCUT2D eigenvalue weighted by atomic mass is 35.5. The highest BCUT2D eigenvalue weighted by molar-refractivity contribution is 6.30. The molecule has 1 aromatic heterocycles. The lowest BCUT2D eigenvalue weighted by molar-refractivity contribution is -0.384. The molecule has 0 saturated heterocycles. The van der Waals surface area contributed by atoms with Gasteiger partial charge in [0.25, 0.3) is 11.6 Å². The van der Waals surface area contributed by atoms with E-state index in [4.69, 9.17) is 11.6 Å². The van der Waals surface area contributed by atoms with Gasteiger partial charge in [0.15, 0.2) is 5.82 Å². The molecule has 0 fully saturated rings. The molecular weight excluding hydrogens is 468 g/mol. The first-order valence-corrected chi connectivity index (χ1v) is 11.1. The second-order valence-electron chi connectivity index (χ2n) is 7.95. The van der Waals surface area contributed by atoms with Gasteiger partial charge in [-0.3, -0.25) is 14.9 Å². The Morgan fingerprint density at radius 1 is 1.09 bits per heavy atom. The fourth-order valence-corrected chi connectivity index (χ4v) is 4.13. The summed E-state index contributed by atoms with van der Waals surface area (Å²) >= 11 is 6.12. The third-order valence-electron chi connectivity index (χ3n) is 5.63. The summed E-state index contributed by atoms with van der Waals surface area (Å²) in [4.78, 5) is 28.8. The van der Waals surface area contributed by atoms with Gasteiger partial charge >= 0.3 is 0 Å². The summed E-state index contributed by atoms with van der Waals surface area (Å²) in [6, 6.07) is 21.8. The van der Waals surface area contributed by atoms with Crippen LogP contribution in [0, 0.1) is 10.1 Å². The molecular formula is C25H19ClN6O3. The summed E-state index contributed by atoms with van der Waals surface area (Å²) in [5.41, 5.74) is 2.95. The third-order valence-corrected chi connectivity index (χ3v) is 5.88. The van der Waals surface area contributed by atoms with Crippen molar-refractivity contribution in [1.29, 1.82) is 0 Å². The number of nitro benzene ring substituents is 1. The van der Waals surface area contributed by atoms with E-state index < -0.39 is 11.0 Å². The number of hydrogen-bond acceptors (Lipinski definition) is 6. The average Bonchev–Trinajstić information content (AvgIpc) is 3.28. The molecule has 174 valence electrons. The molecule has 0 saturated carbocycles. The van der Waals surface area contributed by atoms with Gasteiger partial charge in [0.2, 0.25) is 5.95 Å². The minimum Gasteiger partial charge on any atom is -0.328 e. The molecule has 1 atom stereocenters. The number of anilines is 2. The molecule has 35 heavy (non-hydrogen) atoms. The van der Waals surface area contributed by atoms with Crippen molar-refractivity contribution < 1.29 is 9.72 Å². The van der Waals surface area contributed by atoms with Crippen molar-refractivity contribution >= 4 is 34.8 Å². The fraction of sp³-hybridized carbons (Fsp3) is 0.0800. The molecule has 10 heteroatoms. The third kappa shape index (κ3) is 4.36. The molecule has 9 nitrogen and oxygen atoms in total. The maximum Gasteiger partial charge on any atom is 0.270 e. The molecule has 0 aliphatic carbocycles. The molecule has 4 aromatic rings. The van der Waals surface area contributed by atoms with Crippen molar-refractivity contribution in [2.24, 2.45) is 0 Å². The Morgan fingerprint density at radius 2 is 1.83 bits per heavy atom. The number of carbonyl (C=O) groups is 1. The number of hydrogen-bond donors (Lipinski definition) is 2. The van der Waals surface area contributed by atoms with Crippen molar-refractivity contribution in [3.8, 4) is 11.4 Å². The molecule has 3 aromatic carbocycles. The highest BCUT2D eigenvalue weighted by Crippen LogP contribution is 2.37. The number of benzene rings is 3. The fourth-order valence-electron chi connectivity index (χ4n) is 4.00. The number of amides is 1. The molecule has 0 unspecified atom stereocenters. The van der Waals surface area contributed by atoms with Gasteiger partial charge in [0.1, 0.15) is 6.04 Å². The van der Waals surface area contributed by atoms with Gasteiger partial charge in [0, 0.05) is 34.1 Å². The molecule has 0 radical (unpaired) electrons.